The number of benzene rings is 2. The highest BCUT2D eigenvalue weighted by Gasteiger charge is 2.24. The highest BCUT2D eigenvalue weighted by molar-refractivity contribution is 8.00. The minimum atomic E-state index is -3.18. The number of hydrogen-bond acceptors (Lipinski definition) is 6. The van der Waals surface area contributed by atoms with Crippen molar-refractivity contribution < 1.29 is 13.2 Å². The van der Waals surface area contributed by atoms with Gasteiger partial charge in [0.1, 0.15) is 0 Å². The molecule has 0 atom stereocenters. The van der Waals surface area contributed by atoms with Crippen molar-refractivity contribution in [2.45, 2.75) is 4.90 Å². The number of piperazine rings is 1. The normalized spacial score (nSPS) is 15.2. The fraction of sp³-hybridized carbons (Fsp3) is 0.273. The summed E-state index contributed by atoms with van der Waals surface area (Å²) in [5.74, 6) is 0.173. The molecule has 1 saturated heterocycles. The number of aromatic nitrogens is 1. The van der Waals surface area contributed by atoms with E-state index in [4.69, 9.17) is 0 Å². The third-order valence-electron chi connectivity index (χ3n) is 5.18. The summed E-state index contributed by atoms with van der Waals surface area (Å²) in [7, 11) is -3.18. The van der Waals surface area contributed by atoms with Crippen LogP contribution in [0.5, 0.6) is 0 Å². The molecule has 1 amide bonds. The highest BCUT2D eigenvalue weighted by Crippen LogP contribution is 2.29. The Labute approximate surface area is 186 Å². The molecule has 3 aromatic rings. The van der Waals surface area contributed by atoms with E-state index in [2.05, 4.69) is 15.2 Å². The molecule has 0 aliphatic carbocycles. The Morgan fingerprint density at radius 3 is 2.55 bits per heavy atom. The molecule has 1 aliphatic heterocycles. The van der Waals surface area contributed by atoms with Gasteiger partial charge in [0, 0.05) is 42.7 Å². The van der Waals surface area contributed by atoms with E-state index in [-0.39, 0.29) is 11.7 Å². The van der Waals surface area contributed by atoms with Gasteiger partial charge >= 0.3 is 0 Å². The molecule has 7 nitrogen and oxygen atoms in total. The molecule has 162 valence electrons. The molecule has 0 unspecified atom stereocenters. The Kier molecular flexibility index (Phi) is 6.45. The van der Waals surface area contributed by atoms with Gasteiger partial charge in [0.15, 0.2) is 0 Å². The number of carbonyl (C=O) groups is 1. The molecule has 0 radical (unpaired) electrons. The second-order valence-electron chi connectivity index (χ2n) is 7.33. The van der Waals surface area contributed by atoms with Crippen molar-refractivity contribution in [2.24, 2.45) is 0 Å². The van der Waals surface area contributed by atoms with Gasteiger partial charge in [-0.2, -0.15) is 4.31 Å². The van der Waals surface area contributed by atoms with Crippen LogP contribution < -0.4 is 10.2 Å². The molecule has 0 bridgehead atoms. The number of thioether (sulfide) groups is 1. The number of fused-ring (bicyclic) bond motifs is 1. The lowest BCUT2D eigenvalue weighted by Crippen LogP contribution is -2.48. The van der Waals surface area contributed by atoms with Gasteiger partial charge < -0.3 is 10.2 Å². The van der Waals surface area contributed by atoms with Crippen LogP contribution in [0.4, 0.5) is 11.4 Å². The molecular weight excluding hydrogens is 432 g/mol. The Bertz CT molecular complexity index is 1190. The zero-order chi connectivity index (χ0) is 21.8. The van der Waals surface area contributed by atoms with Crippen molar-refractivity contribution in [3.05, 3.63) is 60.8 Å². The van der Waals surface area contributed by atoms with Crippen molar-refractivity contribution in [1.29, 1.82) is 0 Å². The van der Waals surface area contributed by atoms with E-state index in [1.165, 1.54) is 22.3 Å². The van der Waals surface area contributed by atoms with E-state index in [9.17, 15) is 13.2 Å². The van der Waals surface area contributed by atoms with E-state index in [0.29, 0.717) is 26.2 Å². The van der Waals surface area contributed by atoms with Gasteiger partial charge in [-0.25, -0.2) is 8.42 Å². The number of anilines is 2. The number of nitrogens with one attached hydrogen (secondary N) is 1. The van der Waals surface area contributed by atoms with Crippen molar-refractivity contribution in [3.63, 3.8) is 0 Å². The molecule has 1 aromatic heterocycles. The predicted octanol–water partition coefficient (Wildman–Crippen LogP) is 3.05. The third-order valence-corrected chi connectivity index (χ3v) is 7.53. The van der Waals surface area contributed by atoms with Crippen molar-refractivity contribution in [2.75, 3.05) is 48.4 Å². The summed E-state index contributed by atoms with van der Waals surface area (Å²) in [5.41, 5.74) is 2.53. The van der Waals surface area contributed by atoms with E-state index in [0.717, 1.165) is 27.2 Å². The van der Waals surface area contributed by atoms with Crippen LogP contribution in [0.2, 0.25) is 0 Å². The number of amides is 1. The monoisotopic (exact) mass is 456 g/mol. The van der Waals surface area contributed by atoms with Gasteiger partial charge in [-0.05, 0) is 24.3 Å². The average Bonchev–Trinajstić information content (AvgIpc) is 2.77. The maximum absolute atomic E-state index is 12.7. The predicted molar refractivity (Wildman–Crippen MR) is 126 cm³/mol. The summed E-state index contributed by atoms with van der Waals surface area (Å²) >= 11 is 1.46. The number of pyridine rings is 1. The summed E-state index contributed by atoms with van der Waals surface area (Å²) in [6, 6.07) is 17.5. The topological polar surface area (TPSA) is 82.6 Å². The smallest absolute Gasteiger partial charge is 0.234 e. The molecular formula is C22H24N4O3S2. The zero-order valence-electron chi connectivity index (χ0n) is 17.2. The SMILES string of the molecule is CS(=O)(=O)N1CCN(c2ccccc2NC(=O)CSc2cccc3cccnc23)CC1. The van der Waals surface area contributed by atoms with Crippen LogP contribution in [-0.2, 0) is 14.8 Å². The molecule has 2 aromatic carbocycles. The first-order valence-electron chi connectivity index (χ1n) is 9.97. The van der Waals surface area contributed by atoms with E-state index >= 15 is 0 Å². The number of para-hydroxylation sites is 3. The fourth-order valence-corrected chi connectivity index (χ4v) is 5.31. The van der Waals surface area contributed by atoms with Gasteiger partial charge in [0.2, 0.25) is 15.9 Å². The van der Waals surface area contributed by atoms with Crippen molar-refractivity contribution in [3.8, 4) is 0 Å². The van der Waals surface area contributed by atoms with Crippen LogP contribution in [0.25, 0.3) is 10.9 Å². The number of carbonyl (C=O) groups excluding carboxylic acids is 1. The van der Waals surface area contributed by atoms with Crippen molar-refractivity contribution in [1.82, 2.24) is 9.29 Å². The quantitative estimate of drug-likeness (QED) is 0.574. The standard InChI is InChI=1S/C22H24N4O3S2/c1-31(28,29)26-14-12-25(13-15-26)19-9-3-2-8-18(19)24-21(27)16-30-20-10-4-6-17-7-5-11-23-22(17)20/h2-11H,12-16H2,1H3,(H,24,27). The molecule has 1 N–H and O–H groups in total. The number of rotatable bonds is 6. The Balaban J connectivity index is 1.41. The van der Waals surface area contributed by atoms with Gasteiger partial charge in [0.05, 0.1) is 28.9 Å². The maximum Gasteiger partial charge on any atom is 0.234 e. The molecule has 31 heavy (non-hydrogen) atoms. The maximum atomic E-state index is 12.7. The van der Waals surface area contributed by atoms with Gasteiger partial charge in [-0.1, -0.05) is 30.3 Å². The summed E-state index contributed by atoms with van der Waals surface area (Å²) in [6.07, 6.45) is 2.99. The Morgan fingerprint density at radius 1 is 1.03 bits per heavy atom. The molecule has 1 aliphatic rings. The van der Waals surface area contributed by atoms with Crippen LogP contribution >= 0.6 is 11.8 Å². The number of sulfonamides is 1. The van der Waals surface area contributed by atoms with Crippen LogP contribution in [0, 0.1) is 0 Å². The van der Waals surface area contributed by atoms with Crippen LogP contribution in [0.3, 0.4) is 0 Å². The minimum Gasteiger partial charge on any atom is -0.367 e. The first-order valence-corrected chi connectivity index (χ1v) is 12.8. The van der Waals surface area contributed by atoms with Gasteiger partial charge in [-0.15, -0.1) is 11.8 Å². The molecule has 9 heteroatoms. The van der Waals surface area contributed by atoms with E-state index < -0.39 is 10.0 Å². The lowest BCUT2D eigenvalue weighted by Gasteiger charge is -2.35. The Morgan fingerprint density at radius 2 is 1.77 bits per heavy atom. The summed E-state index contributed by atoms with van der Waals surface area (Å²) in [6.45, 7) is 2.03. The van der Waals surface area contributed by atoms with Crippen LogP contribution in [0.15, 0.2) is 65.7 Å². The van der Waals surface area contributed by atoms with Crippen molar-refractivity contribution >= 4 is 50.0 Å². The lowest BCUT2D eigenvalue weighted by molar-refractivity contribution is -0.113. The van der Waals surface area contributed by atoms with Gasteiger partial charge in [-0.3, -0.25) is 9.78 Å². The van der Waals surface area contributed by atoms with Crippen LogP contribution in [-0.4, -0.2) is 61.8 Å². The molecule has 2 heterocycles. The fourth-order valence-electron chi connectivity index (χ4n) is 3.64. The zero-order valence-corrected chi connectivity index (χ0v) is 18.8. The third kappa shape index (κ3) is 5.17. The minimum absolute atomic E-state index is 0.0971. The number of hydrogen-bond donors (Lipinski definition) is 1. The summed E-state index contributed by atoms with van der Waals surface area (Å²) in [5, 5.41) is 4.06. The lowest BCUT2D eigenvalue weighted by atomic mass is 10.2. The van der Waals surface area contributed by atoms with E-state index in [1.807, 2.05) is 54.6 Å². The first-order chi connectivity index (χ1) is 14.9. The van der Waals surface area contributed by atoms with E-state index in [1.54, 1.807) is 6.20 Å². The average molecular weight is 457 g/mol. The molecule has 0 saturated carbocycles. The Hall–Kier alpha value is -2.62. The molecule has 4 rings (SSSR count). The highest BCUT2D eigenvalue weighted by atomic mass is 32.2. The largest absolute Gasteiger partial charge is 0.367 e. The second kappa shape index (κ2) is 9.25. The molecule has 1 fully saturated rings. The number of nitrogens with zero attached hydrogens (tertiary/aromatic N) is 3. The first kappa shape index (κ1) is 21.6. The van der Waals surface area contributed by atoms with Gasteiger partial charge in [0.25, 0.3) is 0 Å². The summed E-state index contributed by atoms with van der Waals surface area (Å²) < 4.78 is 25.0. The van der Waals surface area contributed by atoms with Crippen LogP contribution in [0.1, 0.15) is 0 Å². The second-order valence-corrected chi connectivity index (χ2v) is 10.3. The molecule has 0 spiro atoms. The summed E-state index contributed by atoms with van der Waals surface area (Å²) in [4.78, 5) is 20.2.